The van der Waals surface area contributed by atoms with Crippen molar-refractivity contribution in [2.45, 2.75) is 13.0 Å². The Bertz CT molecular complexity index is 689. The van der Waals surface area contributed by atoms with Crippen molar-refractivity contribution in [3.8, 4) is 0 Å². The van der Waals surface area contributed by atoms with Crippen LogP contribution in [0.5, 0.6) is 0 Å². The molecule has 3 nitrogen and oxygen atoms in total. The molecule has 2 aromatic rings. The van der Waals surface area contributed by atoms with Gasteiger partial charge in [-0.2, -0.15) is 0 Å². The zero-order valence-electron chi connectivity index (χ0n) is 11.2. The first-order valence-electron chi connectivity index (χ1n) is 6.19. The van der Waals surface area contributed by atoms with Gasteiger partial charge in [-0.05, 0) is 31.2 Å². The largest absolute Gasteiger partial charge is 0.378 e. The number of benzene rings is 2. The van der Waals surface area contributed by atoms with Crippen molar-refractivity contribution in [2.24, 2.45) is 5.73 Å². The number of anilines is 1. The molecular formula is C15H13F3N2O. The number of nitrogens with two attached hydrogens (primary N) is 1. The molecule has 0 aromatic heterocycles. The third-order valence-corrected chi connectivity index (χ3v) is 3.04. The van der Waals surface area contributed by atoms with Crippen LogP contribution in [0.15, 0.2) is 36.4 Å². The third kappa shape index (κ3) is 3.34. The van der Waals surface area contributed by atoms with E-state index < -0.39 is 29.4 Å². The highest BCUT2D eigenvalue weighted by molar-refractivity contribution is 5.94. The van der Waals surface area contributed by atoms with Gasteiger partial charge < -0.3 is 11.1 Å². The Morgan fingerprint density at radius 2 is 1.81 bits per heavy atom. The highest BCUT2D eigenvalue weighted by Crippen LogP contribution is 2.23. The summed E-state index contributed by atoms with van der Waals surface area (Å²) in [4.78, 5) is 11.1. The molecular weight excluding hydrogens is 281 g/mol. The zero-order chi connectivity index (χ0) is 15.6. The van der Waals surface area contributed by atoms with Crippen molar-refractivity contribution >= 4 is 11.6 Å². The fourth-order valence-corrected chi connectivity index (χ4v) is 1.98. The fraction of sp³-hybridized carbons (Fsp3) is 0.133. The van der Waals surface area contributed by atoms with Crippen LogP contribution in [0.25, 0.3) is 0 Å². The maximum absolute atomic E-state index is 13.7. The standard InChI is InChI=1S/C15H13F3N2O/c1-8(11-4-2-9(16)6-14(11)18)20-10-3-5-13(17)12(7-10)15(19)21/h2-8,20H,1H3,(H2,19,21). The van der Waals surface area contributed by atoms with Crippen LogP contribution in [0, 0.1) is 17.5 Å². The highest BCUT2D eigenvalue weighted by Gasteiger charge is 2.14. The molecule has 2 rings (SSSR count). The van der Waals surface area contributed by atoms with Gasteiger partial charge in [0.05, 0.1) is 11.6 Å². The van der Waals surface area contributed by atoms with Gasteiger partial charge in [0.2, 0.25) is 0 Å². The van der Waals surface area contributed by atoms with E-state index in [2.05, 4.69) is 5.32 Å². The van der Waals surface area contributed by atoms with E-state index in [1.807, 2.05) is 0 Å². The number of carbonyl (C=O) groups excluding carboxylic acids is 1. The Balaban J connectivity index is 2.25. The number of halogens is 3. The minimum absolute atomic E-state index is 0.251. The number of amides is 1. The van der Waals surface area contributed by atoms with Crippen LogP contribution < -0.4 is 11.1 Å². The third-order valence-electron chi connectivity index (χ3n) is 3.04. The van der Waals surface area contributed by atoms with E-state index in [1.165, 1.54) is 18.2 Å². The van der Waals surface area contributed by atoms with E-state index >= 15 is 0 Å². The first-order chi connectivity index (χ1) is 9.88. The van der Waals surface area contributed by atoms with Crippen molar-refractivity contribution in [3.05, 3.63) is 65.0 Å². The Morgan fingerprint density at radius 3 is 2.43 bits per heavy atom. The molecule has 21 heavy (non-hydrogen) atoms. The van der Waals surface area contributed by atoms with Gasteiger partial charge in [-0.15, -0.1) is 0 Å². The summed E-state index contributed by atoms with van der Waals surface area (Å²) in [6.07, 6.45) is 0. The monoisotopic (exact) mass is 294 g/mol. The second kappa shape index (κ2) is 5.87. The van der Waals surface area contributed by atoms with E-state index in [4.69, 9.17) is 5.73 Å². The van der Waals surface area contributed by atoms with Crippen molar-refractivity contribution < 1.29 is 18.0 Å². The number of hydrogen-bond donors (Lipinski definition) is 2. The van der Waals surface area contributed by atoms with Crippen molar-refractivity contribution in [2.75, 3.05) is 5.32 Å². The maximum Gasteiger partial charge on any atom is 0.251 e. The Kier molecular flexibility index (Phi) is 4.16. The first-order valence-corrected chi connectivity index (χ1v) is 6.19. The Labute approximate surface area is 119 Å². The van der Waals surface area contributed by atoms with Gasteiger partial charge in [0.1, 0.15) is 17.5 Å². The van der Waals surface area contributed by atoms with Gasteiger partial charge >= 0.3 is 0 Å². The molecule has 3 N–H and O–H groups in total. The number of carbonyl (C=O) groups is 1. The van der Waals surface area contributed by atoms with Gasteiger partial charge in [0.15, 0.2) is 0 Å². The predicted molar refractivity (Wildman–Crippen MR) is 73.3 cm³/mol. The van der Waals surface area contributed by atoms with Gasteiger partial charge in [-0.3, -0.25) is 4.79 Å². The molecule has 1 unspecified atom stereocenters. The highest BCUT2D eigenvalue weighted by atomic mass is 19.1. The second-order valence-corrected chi connectivity index (χ2v) is 4.59. The van der Waals surface area contributed by atoms with Crippen molar-refractivity contribution in [1.82, 2.24) is 0 Å². The predicted octanol–water partition coefficient (Wildman–Crippen LogP) is 3.38. The summed E-state index contributed by atoms with van der Waals surface area (Å²) in [5.41, 5.74) is 5.46. The molecule has 0 heterocycles. The van der Waals surface area contributed by atoms with Gasteiger partial charge in [0, 0.05) is 17.3 Å². The maximum atomic E-state index is 13.7. The summed E-state index contributed by atoms with van der Waals surface area (Å²) >= 11 is 0. The van der Waals surface area contributed by atoms with Crippen LogP contribution in [0.2, 0.25) is 0 Å². The number of nitrogens with one attached hydrogen (secondary N) is 1. The molecule has 1 atom stereocenters. The lowest BCUT2D eigenvalue weighted by atomic mass is 10.1. The van der Waals surface area contributed by atoms with Crippen LogP contribution in [-0.2, 0) is 0 Å². The normalized spacial score (nSPS) is 12.0. The van der Waals surface area contributed by atoms with E-state index in [0.717, 1.165) is 18.2 Å². The first kappa shape index (κ1) is 14.9. The van der Waals surface area contributed by atoms with Crippen molar-refractivity contribution in [1.29, 1.82) is 0 Å². The molecule has 0 saturated carbocycles. The number of hydrogen-bond acceptors (Lipinski definition) is 2. The van der Waals surface area contributed by atoms with E-state index in [1.54, 1.807) is 6.92 Å². The van der Waals surface area contributed by atoms with Crippen LogP contribution in [0.1, 0.15) is 28.9 Å². The van der Waals surface area contributed by atoms with Gasteiger partial charge in [-0.1, -0.05) is 6.07 Å². The van der Waals surface area contributed by atoms with E-state index in [0.29, 0.717) is 5.69 Å². The number of rotatable bonds is 4. The topological polar surface area (TPSA) is 55.1 Å². The minimum atomic E-state index is -0.892. The quantitative estimate of drug-likeness (QED) is 0.908. The fourth-order valence-electron chi connectivity index (χ4n) is 1.98. The molecule has 0 aliphatic rings. The summed E-state index contributed by atoms with van der Waals surface area (Å²) in [6, 6.07) is 6.49. The molecule has 0 saturated heterocycles. The lowest BCUT2D eigenvalue weighted by Crippen LogP contribution is -2.14. The summed E-state index contributed by atoms with van der Waals surface area (Å²) in [5, 5.41) is 2.90. The molecule has 0 radical (unpaired) electrons. The summed E-state index contributed by atoms with van der Waals surface area (Å²) in [6.45, 7) is 1.66. The molecule has 0 spiro atoms. The van der Waals surface area contributed by atoms with Crippen molar-refractivity contribution in [3.63, 3.8) is 0 Å². The Hall–Kier alpha value is -2.50. The molecule has 0 aliphatic carbocycles. The van der Waals surface area contributed by atoms with Crippen LogP contribution >= 0.6 is 0 Å². The lowest BCUT2D eigenvalue weighted by molar-refractivity contribution is 0.0996. The average Bonchev–Trinajstić information content (AvgIpc) is 2.40. The molecule has 2 aromatic carbocycles. The Morgan fingerprint density at radius 1 is 1.10 bits per heavy atom. The van der Waals surface area contributed by atoms with Crippen LogP contribution in [0.4, 0.5) is 18.9 Å². The molecule has 0 bridgehead atoms. The second-order valence-electron chi connectivity index (χ2n) is 4.59. The molecule has 110 valence electrons. The molecule has 0 fully saturated rings. The van der Waals surface area contributed by atoms with Gasteiger partial charge in [-0.25, -0.2) is 13.2 Å². The minimum Gasteiger partial charge on any atom is -0.378 e. The molecule has 1 amide bonds. The average molecular weight is 294 g/mol. The zero-order valence-corrected chi connectivity index (χ0v) is 11.2. The SMILES string of the molecule is CC(Nc1ccc(F)c(C(N)=O)c1)c1ccc(F)cc1F. The van der Waals surface area contributed by atoms with E-state index in [-0.39, 0.29) is 11.1 Å². The summed E-state index contributed by atoms with van der Waals surface area (Å²) in [7, 11) is 0. The number of primary amides is 1. The van der Waals surface area contributed by atoms with Crippen LogP contribution in [0.3, 0.4) is 0 Å². The van der Waals surface area contributed by atoms with Gasteiger partial charge in [0.25, 0.3) is 5.91 Å². The molecule has 0 aliphatic heterocycles. The van der Waals surface area contributed by atoms with Crippen LogP contribution in [-0.4, -0.2) is 5.91 Å². The summed E-state index contributed by atoms with van der Waals surface area (Å²) < 4.78 is 39.9. The lowest BCUT2D eigenvalue weighted by Gasteiger charge is -2.17. The smallest absolute Gasteiger partial charge is 0.251 e. The van der Waals surface area contributed by atoms with E-state index in [9.17, 15) is 18.0 Å². The summed E-state index contributed by atoms with van der Waals surface area (Å²) in [5.74, 6) is -2.97. The molecule has 6 heteroatoms.